The van der Waals surface area contributed by atoms with Crippen molar-refractivity contribution in [3.63, 3.8) is 0 Å². The monoisotopic (exact) mass is 358 g/mol. The van der Waals surface area contributed by atoms with Gasteiger partial charge in [-0.3, -0.25) is 4.79 Å². The van der Waals surface area contributed by atoms with E-state index in [1.54, 1.807) is 24.4 Å². The molecule has 0 aliphatic rings. The van der Waals surface area contributed by atoms with Gasteiger partial charge in [0, 0.05) is 5.02 Å². The average Bonchev–Trinajstić information content (AvgIpc) is 2.55. The van der Waals surface area contributed by atoms with Crippen LogP contribution in [-0.2, 0) is 10.2 Å². The van der Waals surface area contributed by atoms with E-state index >= 15 is 0 Å². The van der Waals surface area contributed by atoms with Gasteiger partial charge >= 0.3 is 0 Å². The van der Waals surface area contributed by atoms with Crippen LogP contribution in [0.3, 0.4) is 0 Å². The third-order valence-electron chi connectivity index (χ3n) is 3.68. The van der Waals surface area contributed by atoms with Gasteiger partial charge in [-0.25, -0.2) is 5.43 Å². The van der Waals surface area contributed by atoms with Crippen molar-refractivity contribution in [3.05, 3.63) is 64.2 Å². The lowest BCUT2D eigenvalue weighted by Gasteiger charge is -2.18. The summed E-state index contributed by atoms with van der Waals surface area (Å²) in [6.45, 7) is 8.27. The Hall–Kier alpha value is -2.33. The molecule has 1 amide bonds. The first-order valence-electron chi connectivity index (χ1n) is 8.07. The third kappa shape index (κ3) is 5.91. The Labute approximate surface area is 153 Å². The molecule has 132 valence electrons. The summed E-state index contributed by atoms with van der Waals surface area (Å²) in [5.74, 6) is 0.272. The molecule has 0 fully saturated rings. The topological polar surface area (TPSA) is 50.7 Å². The number of hydrazone groups is 1. The second-order valence-electron chi connectivity index (χ2n) is 6.86. The number of amides is 1. The fourth-order valence-electron chi connectivity index (χ4n) is 2.14. The van der Waals surface area contributed by atoms with E-state index < -0.39 is 0 Å². The van der Waals surface area contributed by atoms with Gasteiger partial charge in [0.25, 0.3) is 5.91 Å². The van der Waals surface area contributed by atoms with E-state index in [1.165, 1.54) is 5.56 Å². The number of rotatable bonds is 5. The van der Waals surface area contributed by atoms with E-state index in [9.17, 15) is 4.79 Å². The highest BCUT2D eigenvalue weighted by molar-refractivity contribution is 6.31. The van der Waals surface area contributed by atoms with Crippen LogP contribution >= 0.6 is 11.6 Å². The number of benzene rings is 2. The quantitative estimate of drug-likeness (QED) is 0.633. The van der Waals surface area contributed by atoms with Crippen LogP contribution in [-0.4, -0.2) is 18.7 Å². The molecule has 0 radical (unpaired) electrons. The SMILES string of the molecule is Cc1cc(OCC(=O)N/N=C/c2ccc(C(C)(C)C)cc2)ccc1Cl. The van der Waals surface area contributed by atoms with E-state index in [-0.39, 0.29) is 17.9 Å². The van der Waals surface area contributed by atoms with E-state index in [0.717, 1.165) is 11.1 Å². The number of nitrogens with one attached hydrogen (secondary N) is 1. The minimum Gasteiger partial charge on any atom is -0.484 e. The first-order valence-corrected chi connectivity index (χ1v) is 8.45. The highest BCUT2D eigenvalue weighted by Crippen LogP contribution is 2.22. The van der Waals surface area contributed by atoms with Gasteiger partial charge in [-0.2, -0.15) is 5.10 Å². The van der Waals surface area contributed by atoms with Crippen molar-refractivity contribution in [2.45, 2.75) is 33.1 Å². The van der Waals surface area contributed by atoms with Crippen LogP contribution in [0.25, 0.3) is 0 Å². The first kappa shape index (κ1) is 19.0. The Morgan fingerprint density at radius 3 is 2.48 bits per heavy atom. The van der Waals surface area contributed by atoms with Crippen LogP contribution in [0, 0.1) is 6.92 Å². The number of carbonyl (C=O) groups is 1. The summed E-state index contributed by atoms with van der Waals surface area (Å²) in [5.41, 5.74) is 5.63. The molecule has 0 atom stereocenters. The highest BCUT2D eigenvalue weighted by atomic mass is 35.5. The molecular formula is C20H23ClN2O2. The summed E-state index contributed by atoms with van der Waals surface area (Å²) in [5, 5.41) is 4.62. The normalized spacial score (nSPS) is 11.6. The lowest BCUT2D eigenvalue weighted by atomic mass is 9.87. The Balaban J connectivity index is 1.83. The molecule has 0 aliphatic carbocycles. The van der Waals surface area contributed by atoms with Crippen LogP contribution in [0.15, 0.2) is 47.6 Å². The van der Waals surface area contributed by atoms with Crippen LogP contribution in [0.2, 0.25) is 5.02 Å². The summed E-state index contributed by atoms with van der Waals surface area (Å²) in [4.78, 5) is 11.8. The Morgan fingerprint density at radius 1 is 1.20 bits per heavy atom. The van der Waals surface area contributed by atoms with Crippen LogP contribution in [0.4, 0.5) is 0 Å². The summed E-state index contributed by atoms with van der Waals surface area (Å²) in [6, 6.07) is 13.3. The molecule has 2 aromatic rings. The molecule has 0 saturated heterocycles. The zero-order valence-corrected chi connectivity index (χ0v) is 15.7. The highest BCUT2D eigenvalue weighted by Gasteiger charge is 2.12. The van der Waals surface area contributed by atoms with Gasteiger partial charge < -0.3 is 4.74 Å². The van der Waals surface area contributed by atoms with Crippen molar-refractivity contribution in [1.82, 2.24) is 5.43 Å². The molecule has 4 nitrogen and oxygen atoms in total. The van der Waals surface area contributed by atoms with E-state index in [0.29, 0.717) is 10.8 Å². The summed E-state index contributed by atoms with van der Waals surface area (Å²) in [7, 11) is 0. The number of carbonyl (C=O) groups excluding carboxylic acids is 1. The van der Waals surface area contributed by atoms with Gasteiger partial charge in [-0.1, -0.05) is 56.6 Å². The number of hydrogen-bond acceptors (Lipinski definition) is 3. The predicted octanol–water partition coefficient (Wildman–Crippen LogP) is 4.48. The van der Waals surface area contributed by atoms with E-state index in [2.05, 4.69) is 43.4 Å². The van der Waals surface area contributed by atoms with Crippen LogP contribution in [0.1, 0.15) is 37.5 Å². The van der Waals surface area contributed by atoms with Crippen molar-refractivity contribution in [1.29, 1.82) is 0 Å². The summed E-state index contributed by atoms with van der Waals surface area (Å²) < 4.78 is 5.41. The molecule has 0 aliphatic heterocycles. The van der Waals surface area contributed by atoms with Gasteiger partial charge in [-0.05, 0) is 47.2 Å². The van der Waals surface area contributed by atoms with Gasteiger partial charge in [0.1, 0.15) is 5.75 Å². The number of hydrogen-bond donors (Lipinski definition) is 1. The molecule has 2 rings (SSSR count). The molecule has 0 saturated carbocycles. The maximum atomic E-state index is 11.8. The van der Waals surface area contributed by atoms with Crippen molar-refractivity contribution in [2.75, 3.05) is 6.61 Å². The number of aryl methyl sites for hydroxylation is 1. The molecule has 0 spiro atoms. The number of nitrogens with zero attached hydrogens (tertiary/aromatic N) is 1. The minimum absolute atomic E-state index is 0.110. The van der Waals surface area contributed by atoms with Crippen molar-refractivity contribution >= 4 is 23.7 Å². The largest absolute Gasteiger partial charge is 0.484 e. The van der Waals surface area contributed by atoms with Crippen molar-refractivity contribution < 1.29 is 9.53 Å². The zero-order valence-electron chi connectivity index (χ0n) is 15.0. The lowest BCUT2D eigenvalue weighted by Crippen LogP contribution is -2.24. The fraction of sp³-hybridized carbons (Fsp3) is 0.300. The Morgan fingerprint density at radius 2 is 1.88 bits per heavy atom. The molecule has 0 unspecified atom stereocenters. The molecule has 0 heterocycles. The van der Waals surface area contributed by atoms with Crippen LogP contribution in [0.5, 0.6) is 5.75 Å². The molecule has 25 heavy (non-hydrogen) atoms. The van der Waals surface area contributed by atoms with Crippen molar-refractivity contribution in [2.24, 2.45) is 5.10 Å². The molecule has 0 bridgehead atoms. The molecule has 5 heteroatoms. The Kier molecular flexibility index (Phi) is 6.21. The van der Waals surface area contributed by atoms with Gasteiger partial charge in [0.15, 0.2) is 6.61 Å². The van der Waals surface area contributed by atoms with Gasteiger partial charge in [0.2, 0.25) is 0 Å². The smallest absolute Gasteiger partial charge is 0.277 e. The number of ether oxygens (including phenoxy) is 1. The zero-order chi connectivity index (χ0) is 18.4. The Bertz CT molecular complexity index is 762. The fourth-order valence-corrected chi connectivity index (χ4v) is 2.25. The van der Waals surface area contributed by atoms with E-state index in [4.69, 9.17) is 16.3 Å². The molecule has 0 aromatic heterocycles. The number of halogens is 1. The predicted molar refractivity (Wildman–Crippen MR) is 103 cm³/mol. The molecule has 1 N–H and O–H groups in total. The summed E-state index contributed by atoms with van der Waals surface area (Å²) >= 11 is 5.95. The van der Waals surface area contributed by atoms with Crippen molar-refractivity contribution in [3.8, 4) is 5.75 Å². The second-order valence-corrected chi connectivity index (χ2v) is 7.27. The third-order valence-corrected chi connectivity index (χ3v) is 4.10. The first-order chi connectivity index (χ1) is 11.8. The lowest BCUT2D eigenvalue weighted by molar-refractivity contribution is -0.123. The van der Waals surface area contributed by atoms with Gasteiger partial charge in [-0.15, -0.1) is 0 Å². The molecule has 2 aromatic carbocycles. The standard InChI is InChI=1S/C20H23ClN2O2/c1-14-11-17(9-10-18(14)21)25-13-19(24)23-22-12-15-5-7-16(8-6-15)20(2,3)4/h5-12H,13H2,1-4H3,(H,23,24)/b22-12+. The van der Waals surface area contributed by atoms with Gasteiger partial charge in [0.05, 0.1) is 6.21 Å². The average molecular weight is 359 g/mol. The van der Waals surface area contributed by atoms with Crippen LogP contribution < -0.4 is 10.2 Å². The van der Waals surface area contributed by atoms with E-state index in [1.807, 2.05) is 19.1 Å². The summed E-state index contributed by atoms with van der Waals surface area (Å²) in [6.07, 6.45) is 1.61. The molecular weight excluding hydrogens is 336 g/mol. The second kappa shape index (κ2) is 8.17. The maximum absolute atomic E-state index is 11.8. The minimum atomic E-state index is -0.324. The maximum Gasteiger partial charge on any atom is 0.277 e.